The van der Waals surface area contributed by atoms with Gasteiger partial charge < -0.3 is 9.84 Å². The van der Waals surface area contributed by atoms with Gasteiger partial charge in [0.25, 0.3) is 0 Å². The standard InChI is InChI=1S/C18H13F2N3O3/c1-10-13(17(24)25)9-22-16(23-10)11-5-6-15(26-18(19)20)12(8-11)14-4-2-3-7-21-14/h2-9,18H,1H3,(H,24,25). The molecule has 0 spiro atoms. The Balaban J connectivity index is 2.09. The number of benzene rings is 1. The largest absolute Gasteiger partial charge is 0.478 e. The number of aromatic nitrogens is 3. The van der Waals surface area contributed by atoms with Crippen molar-refractivity contribution < 1.29 is 23.4 Å². The molecule has 0 fully saturated rings. The van der Waals surface area contributed by atoms with Gasteiger partial charge in [0.15, 0.2) is 5.82 Å². The fourth-order valence-electron chi connectivity index (χ4n) is 2.41. The topological polar surface area (TPSA) is 85.2 Å². The number of alkyl halides is 2. The SMILES string of the molecule is Cc1nc(-c2ccc(OC(F)F)c(-c3ccccn3)c2)ncc1C(=O)O. The minimum atomic E-state index is -2.98. The number of hydrogen-bond donors (Lipinski definition) is 1. The van der Waals surface area contributed by atoms with E-state index in [2.05, 4.69) is 19.7 Å². The predicted octanol–water partition coefficient (Wildman–Crippen LogP) is 3.81. The quantitative estimate of drug-likeness (QED) is 0.747. The van der Waals surface area contributed by atoms with E-state index in [0.29, 0.717) is 22.5 Å². The van der Waals surface area contributed by atoms with E-state index in [1.165, 1.54) is 24.5 Å². The van der Waals surface area contributed by atoms with Crippen LogP contribution in [0.4, 0.5) is 8.78 Å². The van der Waals surface area contributed by atoms with Crippen molar-refractivity contribution in [2.75, 3.05) is 0 Å². The van der Waals surface area contributed by atoms with Gasteiger partial charge in [0, 0.05) is 23.5 Å². The van der Waals surface area contributed by atoms with E-state index in [1.54, 1.807) is 31.2 Å². The minimum absolute atomic E-state index is 0.00338. The van der Waals surface area contributed by atoms with Crippen molar-refractivity contribution in [1.82, 2.24) is 15.0 Å². The Hall–Kier alpha value is -3.42. The average molecular weight is 357 g/mol. The van der Waals surface area contributed by atoms with Crippen LogP contribution in [-0.2, 0) is 0 Å². The average Bonchev–Trinajstić information content (AvgIpc) is 2.62. The molecule has 2 heterocycles. The maximum absolute atomic E-state index is 12.7. The second kappa shape index (κ2) is 7.22. The molecule has 1 aromatic carbocycles. The van der Waals surface area contributed by atoms with E-state index in [9.17, 15) is 13.6 Å². The van der Waals surface area contributed by atoms with Gasteiger partial charge in [-0.25, -0.2) is 14.8 Å². The van der Waals surface area contributed by atoms with Crippen LogP contribution in [0.1, 0.15) is 16.1 Å². The molecule has 0 amide bonds. The Morgan fingerprint density at radius 1 is 1.19 bits per heavy atom. The van der Waals surface area contributed by atoms with Gasteiger partial charge >= 0.3 is 12.6 Å². The van der Waals surface area contributed by atoms with Gasteiger partial charge in [-0.15, -0.1) is 0 Å². The number of carbonyl (C=O) groups is 1. The van der Waals surface area contributed by atoms with Crippen LogP contribution < -0.4 is 4.74 Å². The van der Waals surface area contributed by atoms with E-state index >= 15 is 0 Å². The minimum Gasteiger partial charge on any atom is -0.478 e. The molecule has 3 aromatic rings. The van der Waals surface area contributed by atoms with E-state index in [0.717, 1.165) is 0 Å². The zero-order valence-electron chi connectivity index (χ0n) is 13.6. The van der Waals surface area contributed by atoms with Crippen LogP contribution in [0, 0.1) is 6.92 Å². The van der Waals surface area contributed by atoms with Gasteiger partial charge in [-0.2, -0.15) is 8.78 Å². The summed E-state index contributed by atoms with van der Waals surface area (Å²) >= 11 is 0. The summed E-state index contributed by atoms with van der Waals surface area (Å²) in [5.41, 5.74) is 1.62. The third kappa shape index (κ3) is 3.64. The second-order valence-electron chi connectivity index (χ2n) is 5.30. The molecule has 1 N–H and O–H groups in total. The normalized spacial score (nSPS) is 10.8. The highest BCUT2D eigenvalue weighted by molar-refractivity contribution is 5.88. The molecular formula is C18H13F2N3O3. The Labute approximate surface area is 147 Å². The zero-order chi connectivity index (χ0) is 18.7. The van der Waals surface area contributed by atoms with Crippen molar-refractivity contribution >= 4 is 5.97 Å². The molecule has 0 saturated heterocycles. The van der Waals surface area contributed by atoms with Crippen molar-refractivity contribution in [3.05, 3.63) is 60.0 Å². The monoisotopic (exact) mass is 357 g/mol. The Bertz CT molecular complexity index is 950. The van der Waals surface area contributed by atoms with Crippen LogP contribution in [0.2, 0.25) is 0 Å². The number of carboxylic acids is 1. The van der Waals surface area contributed by atoms with Gasteiger partial charge in [-0.3, -0.25) is 4.98 Å². The molecule has 0 aliphatic rings. The van der Waals surface area contributed by atoms with Crippen molar-refractivity contribution in [3.8, 4) is 28.4 Å². The van der Waals surface area contributed by atoms with Gasteiger partial charge in [0.05, 0.1) is 17.0 Å². The molecule has 0 unspecified atom stereocenters. The first kappa shape index (κ1) is 17.4. The molecule has 8 heteroatoms. The maximum atomic E-state index is 12.7. The molecule has 2 aromatic heterocycles. The fraction of sp³-hybridized carbons (Fsp3) is 0.111. The van der Waals surface area contributed by atoms with Crippen LogP contribution in [0.25, 0.3) is 22.6 Å². The van der Waals surface area contributed by atoms with E-state index < -0.39 is 12.6 Å². The number of pyridine rings is 1. The van der Waals surface area contributed by atoms with Crippen molar-refractivity contribution in [1.29, 1.82) is 0 Å². The molecule has 0 aliphatic carbocycles. The van der Waals surface area contributed by atoms with Gasteiger partial charge in [-0.05, 0) is 37.3 Å². The lowest BCUT2D eigenvalue weighted by Crippen LogP contribution is -2.05. The first-order chi connectivity index (χ1) is 12.5. The van der Waals surface area contributed by atoms with E-state index in [1.807, 2.05) is 0 Å². The lowest BCUT2D eigenvalue weighted by atomic mass is 10.1. The smallest absolute Gasteiger partial charge is 0.387 e. The number of ether oxygens (including phenoxy) is 1. The molecule has 3 rings (SSSR count). The van der Waals surface area contributed by atoms with Gasteiger partial charge in [0.1, 0.15) is 5.75 Å². The van der Waals surface area contributed by atoms with Crippen molar-refractivity contribution in [3.63, 3.8) is 0 Å². The summed E-state index contributed by atoms with van der Waals surface area (Å²) in [5, 5.41) is 9.06. The van der Waals surface area contributed by atoms with Crippen molar-refractivity contribution in [2.45, 2.75) is 13.5 Å². The molecule has 0 saturated carbocycles. The number of hydrogen-bond acceptors (Lipinski definition) is 5. The molecular weight excluding hydrogens is 344 g/mol. The number of aryl methyl sites for hydroxylation is 1. The fourth-order valence-corrected chi connectivity index (χ4v) is 2.41. The predicted molar refractivity (Wildman–Crippen MR) is 89.0 cm³/mol. The zero-order valence-corrected chi connectivity index (χ0v) is 13.6. The molecule has 132 valence electrons. The first-order valence-electron chi connectivity index (χ1n) is 7.53. The summed E-state index contributed by atoms with van der Waals surface area (Å²) in [5.74, 6) is -0.876. The highest BCUT2D eigenvalue weighted by atomic mass is 19.3. The Kier molecular flexibility index (Phi) is 4.83. The summed E-state index contributed by atoms with van der Waals surface area (Å²) in [6.45, 7) is -1.42. The lowest BCUT2D eigenvalue weighted by Gasteiger charge is -2.12. The summed E-state index contributed by atoms with van der Waals surface area (Å²) < 4.78 is 30.0. The number of nitrogens with zero attached hydrogens (tertiary/aromatic N) is 3. The summed E-state index contributed by atoms with van der Waals surface area (Å²) in [6.07, 6.45) is 2.75. The summed E-state index contributed by atoms with van der Waals surface area (Å²) in [7, 11) is 0. The van der Waals surface area contributed by atoms with Gasteiger partial charge in [-0.1, -0.05) is 6.07 Å². The molecule has 0 atom stereocenters. The Morgan fingerprint density at radius 3 is 2.62 bits per heavy atom. The second-order valence-corrected chi connectivity index (χ2v) is 5.30. The van der Waals surface area contributed by atoms with E-state index in [-0.39, 0.29) is 17.1 Å². The highest BCUT2D eigenvalue weighted by Gasteiger charge is 2.16. The number of rotatable bonds is 5. The number of carboxylic acid groups (broad SMARTS) is 1. The Morgan fingerprint density at radius 2 is 2.00 bits per heavy atom. The van der Waals surface area contributed by atoms with Crippen LogP contribution in [0.5, 0.6) is 5.75 Å². The molecule has 6 nitrogen and oxygen atoms in total. The van der Waals surface area contributed by atoms with E-state index in [4.69, 9.17) is 5.11 Å². The maximum Gasteiger partial charge on any atom is 0.387 e. The first-order valence-corrected chi connectivity index (χ1v) is 7.53. The molecule has 0 radical (unpaired) electrons. The molecule has 0 bridgehead atoms. The van der Waals surface area contributed by atoms with Crippen LogP contribution in [0.15, 0.2) is 48.8 Å². The third-order valence-electron chi connectivity index (χ3n) is 3.60. The van der Waals surface area contributed by atoms with Crippen LogP contribution in [0.3, 0.4) is 0 Å². The number of halogens is 2. The summed E-state index contributed by atoms with van der Waals surface area (Å²) in [4.78, 5) is 23.5. The van der Waals surface area contributed by atoms with Gasteiger partial charge in [0.2, 0.25) is 0 Å². The third-order valence-corrected chi connectivity index (χ3v) is 3.60. The highest BCUT2D eigenvalue weighted by Crippen LogP contribution is 2.33. The lowest BCUT2D eigenvalue weighted by molar-refractivity contribution is -0.0494. The summed E-state index contributed by atoms with van der Waals surface area (Å²) in [6, 6.07) is 9.59. The van der Waals surface area contributed by atoms with Crippen molar-refractivity contribution in [2.24, 2.45) is 0 Å². The number of aromatic carboxylic acids is 1. The molecule has 0 aliphatic heterocycles. The van der Waals surface area contributed by atoms with Crippen LogP contribution >= 0.6 is 0 Å². The van der Waals surface area contributed by atoms with Crippen LogP contribution in [-0.4, -0.2) is 32.6 Å². The molecule has 26 heavy (non-hydrogen) atoms.